The van der Waals surface area contributed by atoms with Crippen LogP contribution >= 0.6 is 15.9 Å². The van der Waals surface area contributed by atoms with Crippen molar-refractivity contribution < 1.29 is 4.74 Å². The number of anilines is 1. The lowest BCUT2D eigenvalue weighted by atomic mass is 10.3. The first-order chi connectivity index (χ1) is 8.16. The molecular weight excluding hydrogens is 282 g/mol. The van der Waals surface area contributed by atoms with Crippen LogP contribution in [0.25, 0.3) is 0 Å². The maximum atomic E-state index is 5.66. The maximum Gasteiger partial charge on any atom is 0.145 e. The van der Waals surface area contributed by atoms with Crippen molar-refractivity contribution >= 4 is 21.7 Å². The van der Waals surface area contributed by atoms with Crippen molar-refractivity contribution in [2.45, 2.75) is 13.5 Å². The molecule has 0 unspecified atom stereocenters. The van der Waals surface area contributed by atoms with Crippen LogP contribution in [-0.4, -0.2) is 16.4 Å². The van der Waals surface area contributed by atoms with Crippen LogP contribution in [0.2, 0.25) is 0 Å². The summed E-state index contributed by atoms with van der Waals surface area (Å²) < 4.78 is 8.45. The molecule has 0 aliphatic rings. The van der Waals surface area contributed by atoms with Gasteiger partial charge in [0, 0.05) is 11.8 Å². The van der Waals surface area contributed by atoms with Crippen molar-refractivity contribution in [2.24, 2.45) is 0 Å². The number of ether oxygens (including phenoxy) is 1. The fourth-order valence-corrected chi connectivity index (χ4v) is 1.97. The molecule has 0 spiro atoms. The number of benzene rings is 1. The highest BCUT2D eigenvalue weighted by Gasteiger charge is 2.02. The Morgan fingerprint density at radius 3 is 2.82 bits per heavy atom. The van der Waals surface area contributed by atoms with Crippen LogP contribution in [-0.2, 0) is 6.54 Å². The zero-order valence-electron chi connectivity index (χ0n) is 9.56. The lowest BCUT2D eigenvalue weighted by molar-refractivity contribution is 0.288. The van der Waals surface area contributed by atoms with Crippen LogP contribution in [0.4, 0.5) is 5.82 Å². The van der Waals surface area contributed by atoms with Crippen molar-refractivity contribution in [1.82, 2.24) is 9.78 Å². The first-order valence-electron chi connectivity index (χ1n) is 5.34. The number of nitrogens with zero attached hydrogens (tertiary/aromatic N) is 2. The third kappa shape index (κ3) is 3.00. The van der Waals surface area contributed by atoms with Crippen molar-refractivity contribution in [1.29, 1.82) is 0 Å². The lowest BCUT2D eigenvalue weighted by Crippen LogP contribution is -2.11. The zero-order chi connectivity index (χ0) is 12.3. The molecule has 0 atom stereocenters. The monoisotopic (exact) mass is 295 g/mol. The first-order valence-corrected chi connectivity index (χ1v) is 6.13. The van der Waals surface area contributed by atoms with Gasteiger partial charge in [0.1, 0.15) is 18.2 Å². The number of halogens is 1. The smallest absolute Gasteiger partial charge is 0.145 e. The van der Waals surface area contributed by atoms with Crippen LogP contribution in [0.15, 0.2) is 34.8 Å². The van der Waals surface area contributed by atoms with Crippen molar-refractivity contribution in [3.8, 4) is 5.75 Å². The highest BCUT2D eigenvalue weighted by atomic mass is 79.9. The number of aryl methyl sites for hydroxylation is 1. The Balaban J connectivity index is 1.92. The Bertz CT molecular complexity index is 510. The second-order valence-corrected chi connectivity index (χ2v) is 4.57. The molecule has 2 aromatic rings. The summed E-state index contributed by atoms with van der Waals surface area (Å²) in [4.78, 5) is 0. The summed E-state index contributed by atoms with van der Waals surface area (Å²) in [6.45, 7) is 3.22. The Labute approximate surface area is 109 Å². The Kier molecular flexibility index (Phi) is 3.68. The lowest BCUT2D eigenvalue weighted by Gasteiger charge is -2.08. The Hall–Kier alpha value is -1.49. The number of rotatable bonds is 4. The Morgan fingerprint density at radius 2 is 2.18 bits per heavy atom. The molecule has 2 rings (SSSR count). The summed E-state index contributed by atoms with van der Waals surface area (Å²) >= 11 is 3.43. The molecule has 1 heterocycles. The summed E-state index contributed by atoms with van der Waals surface area (Å²) in [6, 6.07) is 9.62. The van der Waals surface area contributed by atoms with E-state index in [-0.39, 0.29) is 0 Å². The average Bonchev–Trinajstić information content (AvgIpc) is 2.60. The van der Waals surface area contributed by atoms with Gasteiger partial charge in [0.15, 0.2) is 0 Å². The first kappa shape index (κ1) is 12.0. The van der Waals surface area contributed by atoms with E-state index in [0.717, 1.165) is 15.9 Å². The van der Waals surface area contributed by atoms with Gasteiger partial charge in [-0.1, -0.05) is 12.1 Å². The molecule has 0 fully saturated rings. The van der Waals surface area contributed by atoms with E-state index < -0.39 is 0 Å². The fourth-order valence-electron chi connectivity index (χ4n) is 1.57. The molecule has 1 aromatic carbocycles. The molecule has 0 saturated carbocycles. The van der Waals surface area contributed by atoms with Crippen LogP contribution in [0.5, 0.6) is 5.75 Å². The molecule has 1 aromatic heterocycles. The predicted molar refractivity (Wildman–Crippen MR) is 71.0 cm³/mol. The second-order valence-electron chi connectivity index (χ2n) is 3.71. The third-order valence-electron chi connectivity index (χ3n) is 2.40. The maximum absolute atomic E-state index is 5.66. The van der Waals surface area contributed by atoms with Gasteiger partial charge in [-0.2, -0.15) is 5.10 Å². The zero-order valence-corrected chi connectivity index (χ0v) is 11.1. The average molecular weight is 296 g/mol. The van der Waals surface area contributed by atoms with E-state index in [0.29, 0.717) is 19.0 Å². The molecule has 5 heteroatoms. The van der Waals surface area contributed by atoms with E-state index >= 15 is 0 Å². The van der Waals surface area contributed by atoms with Crippen LogP contribution in [0, 0.1) is 6.92 Å². The molecule has 90 valence electrons. The summed E-state index contributed by atoms with van der Waals surface area (Å²) in [7, 11) is 0. The van der Waals surface area contributed by atoms with Gasteiger partial charge in [0.2, 0.25) is 0 Å². The van der Waals surface area contributed by atoms with Gasteiger partial charge in [-0.15, -0.1) is 0 Å². The van der Waals surface area contributed by atoms with Gasteiger partial charge >= 0.3 is 0 Å². The molecular formula is C12H14BrN3O. The number of nitrogen functional groups attached to an aromatic ring is 1. The van der Waals surface area contributed by atoms with E-state index in [4.69, 9.17) is 10.5 Å². The standard InChI is InChI=1S/C12H14BrN3O/c1-9-8-12(14)15-16(9)6-7-17-11-5-3-2-4-10(11)13/h2-5,8H,6-7H2,1H3,(H2,14,15). The van der Waals surface area contributed by atoms with Gasteiger partial charge in [-0.05, 0) is 35.0 Å². The molecule has 0 radical (unpaired) electrons. The molecule has 0 aliphatic heterocycles. The highest BCUT2D eigenvalue weighted by Crippen LogP contribution is 2.23. The summed E-state index contributed by atoms with van der Waals surface area (Å²) in [5.41, 5.74) is 6.65. The van der Waals surface area contributed by atoms with E-state index in [9.17, 15) is 0 Å². The fraction of sp³-hybridized carbons (Fsp3) is 0.250. The minimum atomic E-state index is 0.545. The molecule has 0 saturated heterocycles. The van der Waals surface area contributed by atoms with Gasteiger partial charge < -0.3 is 10.5 Å². The van der Waals surface area contributed by atoms with E-state index in [1.165, 1.54) is 0 Å². The van der Waals surface area contributed by atoms with E-state index in [1.54, 1.807) is 0 Å². The topological polar surface area (TPSA) is 53.1 Å². The van der Waals surface area contributed by atoms with Gasteiger partial charge in [0.25, 0.3) is 0 Å². The van der Waals surface area contributed by atoms with Gasteiger partial charge in [0.05, 0.1) is 11.0 Å². The number of para-hydroxylation sites is 1. The van der Waals surface area contributed by atoms with Crippen molar-refractivity contribution in [2.75, 3.05) is 12.3 Å². The second kappa shape index (κ2) is 5.23. The molecule has 0 bridgehead atoms. The molecule has 4 nitrogen and oxygen atoms in total. The van der Waals surface area contributed by atoms with E-state index in [2.05, 4.69) is 21.0 Å². The van der Waals surface area contributed by atoms with Crippen LogP contribution in [0.3, 0.4) is 0 Å². The molecule has 0 aliphatic carbocycles. The van der Waals surface area contributed by atoms with Gasteiger partial charge in [-0.3, -0.25) is 4.68 Å². The number of hydrogen-bond acceptors (Lipinski definition) is 3. The molecule has 17 heavy (non-hydrogen) atoms. The Morgan fingerprint density at radius 1 is 1.41 bits per heavy atom. The van der Waals surface area contributed by atoms with Crippen molar-refractivity contribution in [3.63, 3.8) is 0 Å². The minimum Gasteiger partial charge on any atom is -0.490 e. The van der Waals surface area contributed by atoms with Gasteiger partial charge in [-0.25, -0.2) is 0 Å². The highest BCUT2D eigenvalue weighted by molar-refractivity contribution is 9.10. The number of nitrogens with two attached hydrogens (primary N) is 1. The normalized spacial score (nSPS) is 10.5. The predicted octanol–water partition coefficient (Wildman–Crippen LogP) is 2.62. The quantitative estimate of drug-likeness (QED) is 0.943. The largest absolute Gasteiger partial charge is 0.490 e. The molecule has 2 N–H and O–H groups in total. The summed E-state index contributed by atoms with van der Waals surface area (Å²) in [5.74, 6) is 1.38. The summed E-state index contributed by atoms with van der Waals surface area (Å²) in [6.07, 6.45) is 0. The van der Waals surface area contributed by atoms with Crippen LogP contribution < -0.4 is 10.5 Å². The van der Waals surface area contributed by atoms with Crippen LogP contribution in [0.1, 0.15) is 5.69 Å². The SMILES string of the molecule is Cc1cc(N)nn1CCOc1ccccc1Br. The number of hydrogen-bond donors (Lipinski definition) is 1. The van der Waals surface area contributed by atoms with Crippen molar-refractivity contribution in [3.05, 3.63) is 40.5 Å². The molecule has 0 amide bonds. The minimum absolute atomic E-state index is 0.545. The third-order valence-corrected chi connectivity index (χ3v) is 3.05. The van der Waals surface area contributed by atoms with E-state index in [1.807, 2.05) is 41.9 Å². The number of aromatic nitrogens is 2. The summed E-state index contributed by atoms with van der Waals surface area (Å²) in [5, 5.41) is 4.17.